The molecule has 94 valence electrons. The molecule has 2 rings (SSSR count). The number of hydrogen-bond acceptors (Lipinski definition) is 2. The third kappa shape index (κ3) is 2.18. The molecule has 0 aromatic heterocycles. The van der Waals surface area contributed by atoms with Crippen molar-refractivity contribution in [3.63, 3.8) is 0 Å². The van der Waals surface area contributed by atoms with E-state index in [1.54, 1.807) is 13.2 Å². The first-order valence-electron chi connectivity index (χ1n) is 6.21. The molecule has 0 radical (unpaired) electrons. The van der Waals surface area contributed by atoms with Crippen LogP contribution in [0.1, 0.15) is 40.5 Å². The second-order valence-electron chi connectivity index (χ2n) is 4.75. The van der Waals surface area contributed by atoms with Crippen LogP contribution in [0, 0.1) is 5.41 Å². The van der Waals surface area contributed by atoms with Gasteiger partial charge in [-0.1, -0.05) is 13.8 Å². The molecule has 2 atom stereocenters. The Hall–Kier alpha value is -0.730. The SMILES string of the molecule is CC.CCO/C=C1\C[C@@]2(CN1C)CC2(C)F. The van der Waals surface area contributed by atoms with Crippen LogP contribution in [0.25, 0.3) is 0 Å². The number of allylic oxidation sites excluding steroid dienone is 1. The number of hydrogen-bond donors (Lipinski definition) is 0. The molecule has 2 aliphatic rings. The Labute approximate surface area is 98.5 Å². The third-order valence-electron chi connectivity index (χ3n) is 3.59. The number of ether oxygens (including phenoxy) is 1. The van der Waals surface area contributed by atoms with E-state index in [1.165, 1.54) is 0 Å². The van der Waals surface area contributed by atoms with E-state index in [4.69, 9.17) is 4.74 Å². The van der Waals surface area contributed by atoms with E-state index in [2.05, 4.69) is 4.90 Å². The predicted molar refractivity (Wildman–Crippen MR) is 64.9 cm³/mol. The first kappa shape index (κ1) is 13.3. The van der Waals surface area contributed by atoms with Crippen molar-refractivity contribution in [2.75, 3.05) is 20.2 Å². The highest BCUT2D eigenvalue weighted by Crippen LogP contribution is 2.65. The van der Waals surface area contributed by atoms with Crippen molar-refractivity contribution in [2.24, 2.45) is 5.41 Å². The lowest BCUT2D eigenvalue weighted by Crippen LogP contribution is -2.18. The molecule has 16 heavy (non-hydrogen) atoms. The number of nitrogens with zero attached hydrogens (tertiary/aromatic N) is 1. The van der Waals surface area contributed by atoms with E-state index in [9.17, 15) is 4.39 Å². The van der Waals surface area contributed by atoms with Gasteiger partial charge in [-0.3, -0.25) is 0 Å². The van der Waals surface area contributed by atoms with Crippen molar-refractivity contribution in [2.45, 2.75) is 46.2 Å². The van der Waals surface area contributed by atoms with Crippen LogP contribution in [-0.2, 0) is 4.74 Å². The van der Waals surface area contributed by atoms with Gasteiger partial charge in [-0.15, -0.1) is 0 Å². The van der Waals surface area contributed by atoms with Crippen molar-refractivity contribution in [3.8, 4) is 0 Å². The molecule has 2 nitrogen and oxygen atoms in total. The standard InChI is InChI=1S/C11H18FNO.C2H6/c1-4-14-6-9-5-11(8-13(9)3)7-10(11,2)12;1-2/h6H,4-5,7-8H2,1-3H3;1-2H3/b9-6+;/t10?,11-;/m0./s1. The van der Waals surface area contributed by atoms with Gasteiger partial charge < -0.3 is 9.64 Å². The topological polar surface area (TPSA) is 12.5 Å². The van der Waals surface area contributed by atoms with E-state index in [0.29, 0.717) is 13.0 Å². The van der Waals surface area contributed by atoms with Crippen LogP contribution in [0.4, 0.5) is 4.39 Å². The van der Waals surface area contributed by atoms with Gasteiger partial charge in [-0.25, -0.2) is 4.39 Å². The van der Waals surface area contributed by atoms with Gasteiger partial charge >= 0.3 is 0 Å². The normalized spacial score (nSPS) is 38.6. The number of alkyl halides is 1. The molecular formula is C13H24FNO. The molecule has 3 heteroatoms. The lowest BCUT2D eigenvalue weighted by Gasteiger charge is -2.12. The zero-order valence-corrected chi connectivity index (χ0v) is 11.1. The molecule has 0 amide bonds. The molecule has 1 heterocycles. The Bertz CT molecular complexity index is 275. The fourth-order valence-corrected chi connectivity index (χ4v) is 2.46. The largest absolute Gasteiger partial charge is 0.500 e. The van der Waals surface area contributed by atoms with Crippen LogP contribution in [0.2, 0.25) is 0 Å². The second kappa shape index (κ2) is 4.64. The highest BCUT2D eigenvalue weighted by Gasteiger charge is 2.68. The molecule has 1 aliphatic heterocycles. The minimum Gasteiger partial charge on any atom is -0.500 e. The molecule has 0 bridgehead atoms. The summed E-state index contributed by atoms with van der Waals surface area (Å²) < 4.78 is 19.0. The molecule has 1 spiro atoms. The van der Waals surface area contributed by atoms with Crippen molar-refractivity contribution >= 4 is 0 Å². The smallest absolute Gasteiger partial charge is 0.116 e. The van der Waals surface area contributed by atoms with Gasteiger partial charge in [0.1, 0.15) is 11.9 Å². The maximum Gasteiger partial charge on any atom is 0.116 e. The summed E-state index contributed by atoms with van der Waals surface area (Å²) in [6.45, 7) is 9.18. The minimum atomic E-state index is -0.955. The van der Waals surface area contributed by atoms with Gasteiger partial charge in [-0.2, -0.15) is 0 Å². The van der Waals surface area contributed by atoms with Crippen LogP contribution < -0.4 is 0 Å². The van der Waals surface area contributed by atoms with Gasteiger partial charge in [0.15, 0.2) is 0 Å². The van der Waals surface area contributed by atoms with E-state index in [1.807, 2.05) is 27.8 Å². The summed E-state index contributed by atoms with van der Waals surface area (Å²) in [7, 11) is 2.01. The quantitative estimate of drug-likeness (QED) is 0.673. The monoisotopic (exact) mass is 229 g/mol. The Morgan fingerprint density at radius 2 is 2.06 bits per heavy atom. The average molecular weight is 229 g/mol. The summed E-state index contributed by atoms with van der Waals surface area (Å²) in [4.78, 5) is 2.11. The van der Waals surface area contributed by atoms with Gasteiger partial charge in [0.25, 0.3) is 0 Å². The highest BCUT2D eigenvalue weighted by atomic mass is 19.1. The molecule has 0 N–H and O–H groups in total. The Morgan fingerprint density at radius 1 is 1.50 bits per heavy atom. The zero-order chi connectivity index (χ0) is 12.4. The lowest BCUT2D eigenvalue weighted by molar-refractivity contribution is 0.245. The lowest BCUT2D eigenvalue weighted by atomic mass is 10.0. The van der Waals surface area contributed by atoms with E-state index in [-0.39, 0.29) is 5.41 Å². The van der Waals surface area contributed by atoms with Crippen LogP contribution in [0.5, 0.6) is 0 Å². The zero-order valence-electron chi connectivity index (χ0n) is 11.1. The molecule has 1 unspecified atom stereocenters. The van der Waals surface area contributed by atoms with E-state index < -0.39 is 5.67 Å². The van der Waals surface area contributed by atoms with E-state index in [0.717, 1.165) is 18.7 Å². The molecule has 1 saturated carbocycles. The van der Waals surface area contributed by atoms with Crippen molar-refractivity contribution < 1.29 is 9.13 Å². The Morgan fingerprint density at radius 3 is 2.44 bits per heavy atom. The summed E-state index contributed by atoms with van der Waals surface area (Å²) in [5.74, 6) is 0. The number of rotatable bonds is 2. The van der Waals surface area contributed by atoms with Crippen LogP contribution in [-0.4, -0.2) is 30.8 Å². The van der Waals surface area contributed by atoms with Gasteiger partial charge in [0.05, 0.1) is 6.61 Å². The molecule has 1 saturated heterocycles. The summed E-state index contributed by atoms with van der Waals surface area (Å²) in [6, 6.07) is 0. The minimum absolute atomic E-state index is 0.106. The Kier molecular flexibility index (Phi) is 3.87. The summed E-state index contributed by atoms with van der Waals surface area (Å²) in [6.07, 6.45) is 3.31. The van der Waals surface area contributed by atoms with Crippen molar-refractivity contribution in [1.82, 2.24) is 4.90 Å². The van der Waals surface area contributed by atoms with Crippen molar-refractivity contribution in [3.05, 3.63) is 12.0 Å². The average Bonchev–Trinajstić information content (AvgIpc) is 2.61. The predicted octanol–water partition coefficient (Wildman–Crippen LogP) is 3.34. The molecule has 0 aromatic rings. The summed E-state index contributed by atoms with van der Waals surface area (Å²) >= 11 is 0. The maximum atomic E-state index is 13.7. The summed E-state index contributed by atoms with van der Waals surface area (Å²) in [5.41, 5.74) is 0.0709. The number of halogens is 1. The molecule has 1 aliphatic carbocycles. The second-order valence-corrected chi connectivity index (χ2v) is 4.75. The summed E-state index contributed by atoms with van der Waals surface area (Å²) in [5, 5.41) is 0. The van der Waals surface area contributed by atoms with Crippen LogP contribution in [0.15, 0.2) is 12.0 Å². The highest BCUT2D eigenvalue weighted by molar-refractivity contribution is 5.25. The third-order valence-corrected chi connectivity index (χ3v) is 3.59. The van der Waals surface area contributed by atoms with Crippen LogP contribution in [0.3, 0.4) is 0 Å². The van der Waals surface area contributed by atoms with E-state index >= 15 is 0 Å². The maximum absolute atomic E-state index is 13.7. The number of likely N-dealkylation sites (tertiary alicyclic amines) is 1. The van der Waals surface area contributed by atoms with Gasteiger partial charge in [0.2, 0.25) is 0 Å². The fraction of sp³-hybridized carbons (Fsp3) is 0.846. The van der Waals surface area contributed by atoms with Gasteiger partial charge in [-0.05, 0) is 20.3 Å². The first-order chi connectivity index (χ1) is 7.51. The van der Waals surface area contributed by atoms with Crippen molar-refractivity contribution in [1.29, 1.82) is 0 Å². The Balaban J connectivity index is 0.000000606. The first-order valence-corrected chi connectivity index (χ1v) is 6.21. The van der Waals surface area contributed by atoms with Crippen LogP contribution >= 0.6 is 0 Å². The molecular weight excluding hydrogens is 205 g/mol. The molecule has 0 aromatic carbocycles. The fourth-order valence-electron chi connectivity index (χ4n) is 2.46. The molecule has 2 fully saturated rings. The van der Waals surface area contributed by atoms with Gasteiger partial charge in [0, 0.05) is 31.1 Å².